The Morgan fingerprint density at radius 1 is 0.967 bits per heavy atom. The van der Waals surface area contributed by atoms with E-state index in [-0.39, 0.29) is 64.8 Å². The maximum atomic E-state index is 12.0. The molecule has 1 unspecified atom stereocenters. The molecule has 0 heterocycles. The third-order valence-electron chi connectivity index (χ3n) is 3.83. The van der Waals surface area contributed by atoms with Gasteiger partial charge in [-0.25, -0.2) is 0 Å². The first-order chi connectivity index (χ1) is 13.0. The maximum absolute atomic E-state index is 12.0. The van der Waals surface area contributed by atoms with Crippen LogP contribution in [0, 0.1) is 5.92 Å². The van der Waals surface area contributed by atoms with Gasteiger partial charge in [-0.15, -0.1) is 0 Å². The van der Waals surface area contributed by atoms with Gasteiger partial charge in [-0.05, 0) is 54.3 Å². The van der Waals surface area contributed by atoms with Crippen LogP contribution in [-0.4, -0.2) is 99.5 Å². The number of isothiocyanates is 2. The van der Waals surface area contributed by atoms with Gasteiger partial charge < -0.3 is 0 Å². The summed E-state index contributed by atoms with van der Waals surface area (Å²) in [5, 5.41) is 4.17. The van der Waals surface area contributed by atoms with Crippen molar-refractivity contribution in [1.82, 2.24) is 0 Å². The second kappa shape index (κ2) is 12.2. The van der Waals surface area contributed by atoms with Crippen molar-refractivity contribution in [2.45, 2.75) is 4.08 Å². The zero-order valence-corrected chi connectivity index (χ0v) is 23.1. The average molecular weight is 503 g/mol. The summed E-state index contributed by atoms with van der Waals surface area (Å²) in [6.45, 7) is 0. The molecule has 0 bridgehead atoms. The standard InChI is InChI=1S/C16H12N2O6S4.2Na/c19-27(20,21)16(28(22,23)24)9-15(18-11-26)8-5-13(16)4-1-12-2-6-14(7-3-12)17-10-25;;/h1-9,13H,(H,19,20,21)(H,22,23,24);;. The van der Waals surface area contributed by atoms with E-state index in [2.05, 4.69) is 39.6 Å². The third kappa shape index (κ3) is 6.68. The number of aliphatic imine (C=N–C) groups is 2. The summed E-state index contributed by atoms with van der Waals surface area (Å²) in [5.74, 6) is -1.46. The number of allylic oxidation sites excluding steroid dienone is 3. The molecule has 2 radical (unpaired) electrons. The molecular weight excluding hydrogens is 490 g/mol. The summed E-state index contributed by atoms with van der Waals surface area (Å²) in [7, 11) is -10.7. The molecule has 0 aliphatic heterocycles. The topological polar surface area (TPSA) is 133 Å². The summed E-state index contributed by atoms with van der Waals surface area (Å²) in [4.78, 5) is 7.31. The van der Waals surface area contributed by atoms with E-state index >= 15 is 0 Å². The molecule has 148 valence electrons. The zero-order chi connectivity index (χ0) is 21.0. The minimum Gasteiger partial charge on any atom is -0.284 e. The van der Waals surface area contributed by atoms with Crippen LogP contribution >= 0.6 is 24.4 Å². The van der Waals surface area contributed by atoms with Gasteiger partial charge in [-0.1, -0.05) is 30.4 Å². The van der Waals surface area contributed by atoms with Crippen LogP contribution < -0.4 is 0 Å². The monoisotopic (exact) mass is 502 g/mol. The number of nitrogens with zero attached hydrogens (tertiary/aromatic N) is 2. The molecule has 0 saturated carbocycles. The summed E-state index contributed by atoms with van der Waals surface area (Å²) < 4.78 is 64.4. The van der Waals surface area contributed by atoms with Crippen LogP contribution in [0.5, 0.6) is 0 Å². The van der Waals surface area contributed by atoms with E-state index in [4.69, 9.17) is 0 Å². The first kappa shape index (κ1) is 29.9. The largest absolute Gasteiger partial charge is 0.292 e. The Hall–Kier alpha value is -0.140. The van der Waals surface area contributed by atoms with Crippen LogP contribution in [0.3, 0.4) is 0 Å². The quantitative estimate of drug-likeness (QED) is 0.262. The average Bonchev–Trinajstić information content (AvgIpc) is 2.60. The van der Waals surface area contributed by atoms with Crippen molar-refractivity contribution < 1.29 is 25.9 Å². The second-order valence-electron chi connectivity index (χ2n) is 5.48. The van der Waals surface area contributed by atoms with E-state index in [1.165, 1.54) is 18.2 Å². The molecule has 2 rings (SSSR count). The minimum atomic E-state index is -5.34. The summed E-state index contributed by atoms with van der Waals surface area (Å²) in [6.07, 6.45) is 5.70. The predicted octanol–water partition coefficient (Wildman–Crippen LogP) is 2.32. The van der Waals surface area contributed by atoms with E-state index in [0.717, 1.165) is 6.08 Å². The van der Waals surface area contributed by atoms with Crippen LogP contribution in [0.25, 0.3) is 6.08 Å². The molecule has 0 amide bonds. The fraction of sp³-hybridized carbons (Fsp3) is 0.125. The summed E-state index contributed by atoms with van der Waals surface area (Å²) >= 11 is 8.92. The van der Waals surface area contributed by atoms with E-state index in [0.29, 0.717) is 17.3 Å². The SMILES string of the molecule is O=S(=O)(O)C1(S(=O)(=O)O)C=C(N=C=S)C=CC1C=Cc1ccc(N=C=S)cc1.[Na].[Na]. The van der Waals surface area contributed by atoms with Crippen molar-refractivity contribution in [2.75, 3.05) is 0 Å². The molecule has 0 spiro atoms. The number of thiocarbonyl (C=S) groups is 2. The smallest absolute Gasteiger partial charge is 0.284 e. The van der Waals surface area contributed by atoms with Gasteiger partial charge in [0, 0.05) is 65.0 Å². The van der Waals surface area contributed by atoms with Crippen molar-refractivity contribution in [1.29, 1.82) is 0 Å². The van der Waals surface area contributed by atoms with Crippen LogP contribution in [0.15, 0.2) is 64.3 Å². The van der Waals surface area contributed by atoms with Crippen LogP contribution in [0.4, 0.5) is 5.69 Å². The Bertz CT molecular complexity index is 1150. The molecule has 14 heteroatoms. The molecular formula is C16H12N2Na2O6S4. The van der Waals surface area contributed by atoms with Gasteiger partial charge in [0.05, 0.1) is 21.7 Å². The van der Waals surface area contributed by atoms with Crippen molar-refractivity contribution in [3.63, 3.8) is 0 Å². The second-order valence-corrected chi connectivity index (χ2v) is 9.36. The van der Waals surface area contributed by atoms with Crippen LogP contribution in [0.2, 0.25) is 0 Å². The fourth-order valence-corrected chi connectivity index (χ4v) is 5.38. The molecule has 0 saturated heterocycles. The number of hydrogen-bond donors (Lipinski definition) is 2. The molecule has 1 aromatic carbocycles. The molecule has 1 aliphatic rings. The molecule has 1 aliphatic carbocycles. The van der Waals surface area contributed by atoms with Crippen LogP contribution in [-0.2, 0) is 20.2 Å². The van der Waals surface area contributed by atoms with Gasteiger partial charge in [-0.2, -0.15) is 26.8 Å². The first-order valence-corrected chi connectivity index (χ1v) is 11.0. The fourth-order valence-electron chi connectivity index (χ4n) is 2.56. The summed E-state index contributed by atoms with van der Waals surface area (Å²) in [6, 6.07) is 6.46. The van der Waals surface area contributed by atoms with E-state index < -0.39 is 30.2 Å². The van der Waals surface area contributed by atoms with E-state index in [1.54, 1.807) is 24.3 Å². The maximum Gasteiger partial charge on any atom is 0.292 e. The van der Waals surface area contributed by atoms with E-state index in [1.807, 2.05) is 5.16 Å². The number of benzene rings is 1. The first-order valence-electron chi connectivity index (χ1n) is 7.34. The van der Waals surface area contributed by atoms with Gasteiger partial charge in [-0.3, -0.25) is 9.11 Å². The number of rotatable bonds is 6. The van der Waals surface area contributed by atoms with Crippen molar-refractivity contribution in [3.05, 3.63) is 59.8 Å². The summed E-state index contributed by atoms with van der Waals surface area (Å²) in [5.41, 5.74) is 0.917. The number of hydrogen-bond acceptors (Lipinski definition) is 8. The molecule has 8 nitrogen and oxygen atoms in total. The van der Waals surface area contributed by atoms with Gasteiger partial charge in [0.15, 0.2) is 0 Å². The molecule has 1 atom stereocenters. The van der Waals surface area contributed by atoms with Gasteiger partial charge >= 0.3 is 0 Å². The normalized spacial score (nSPS) is 17.5. The van der Waals surface area contributed by atoms with E-state index in [9.17, 15) is 25.9 Å². The molecule has 1 aromatic rings. The Balaban J connectivity index is 0.00000420. The van der Waals surface area contributed by atoms with Crippen molar-refractivity contribution in [3.8, 4) is 0 Å². The molecule has 0 aromatic heterocycles. The van der Waals surface area contributed by atoms with Crippen LogP contribution in [0.1, 0.15) is 5.56 Å². The molecule has 2 N–H and O–H groups in total. The van der Waals surface area contributed by atoms with Crippen molar-refractivity contribution in [2.24, 2.45) is 15.9 Å². The Morgan fingerprint density at radius 2 is 1.50 bits per heavy atom. The molecule has 30 heavy (non-hydrogen) atoms. The van der Waals surface area contributed by atoms with Crippen molar-refractivity contribution >= 4 is 126 Å². The van der Waals surface area contributed by atoms with Gasteiger partial charge in [0.2, 0.25) is 0 Å². The van der Waals surface area contributed by atoms with Gasteiger partial charge in [0.1, 0.15) is 0 Å². The Kier molecular flexibility index (Phi) is 12.1. The third-order valence-corrected chi connectivity index (χ3v) is 7.67. The predicted molar refractivity (Wildman–Crippen MR) is 123 cm³/mol. The Labute approximate surface area is 229 Å². The minimum absolute atomic E-state index is 0. The zero-order valence-electron chi connectivity index (χ0n) is 15.8. The van der Waals surface area contributed by atoms with Gasteiger partial charge in [0.25, 0.3) is 24.3 Å². The molecule has 0 fully saturated rings. The Morgan fingerprint density at radius 3 is 1.97 bits per heavy atom.